The number of nitrogens with zero attached hydrogens (tertiary/aromatic N) is 1. The van der Waals surface area contributed by atoms with Crippen LogP contribution in [0.4, 0.5) is 0 Å². The first kappa shape index (κ1) is 13.1. The van der Waals surface area contributed by atoms with Crippen LogP contribution in [-0.2, 0) is 9.47 Å². The molecular weight excluding hydrogens is 214 g/mol. The Kier molecular flexibility index (Phi) is 4.23. The Hall–Kier alpha value is -0.380. The van der Waals surface area contributed by atoms with Gasteiger partial charge in [-0.15, -0.1) is 0 Å². The van der Waals surface area contributed by atoms with Gasteiger partial charge in [0.25, 0.3) is 0 Å². The molecule has 0 unspecified atom stereocenters. The molecule has 0 amide bonds. The smallest absolute Gasteiger partial charge is 0.107 e. The summed E-state index contributed by atoms with van der Waals surface area (Å²) >= 11 is 0. The molecule has 1 spiro atoms. The van der Waals surface area contributed by atoms with Crippen LogP contribution in [0, 0.1) is 0 Å². The van der Waals surface area contributed by atoms with Gasteiger partial charge in [-0.1, -0.05) is 18.6 Å². The van der Waals surface area contributed by atoms with Crippen molar-refractivity contribution in [1.29, 1.82) is 0 Å². The average Bonchev–Trinajstić information content (AvgIpc) is 2.73. The van der Waals surface area contributed by atoms with Crippen molar-refractivity contribution in [2.45, 2.75) is 45.3 Å². The Morgan fingerprint density at radius 3 is 2.88 bits per heavy atom. The van der Waals surface area contributed by atoms with Crippen molar-refractivity contribution in [2.24, 2.45) is 0 Å². The Labute approximate surface area is 105 Å². The molecule has 2 rings (SSSR count). The lowest BCUT2D eigenvalue weighted by Crippen LogP contribution is -2.55. The first-order chi connectivity index (χ1) is 8.13. The number of rotatable bonds is 3. The topological polar surface area (TPSA) is 21.7 Å². The van der Waals surface area contributed by atoms with E-state index in [0.29, 0.717) is 6.10 Å². The molecule has 2 saturated heterocycles. The van der Waals surface area contributed by atoms with Gasteiger partial charge in [-0.3, -0.25) is 4.90 Å². The molecule has 0 N–H and O–H groups in total. The number of ether oxygens (including phenoxy) is 2. The van der Waals surface area contributed by atoms with Crippen LogP contribution >= 0.6 is 0 Å². The third kappa shape index (κ3) is 3.30. The molecule has 2 aliphatic heterocycles. The maximum atomic E-state index is 6.23. The molecular formula is C14H25NO2. The van der Waals surface area contributed by atoms with E-state index >= 15 is 0 Å². The number of hydrogen-bond acceptors (Lipinski definition) is 3. The summed E-state index contributed by atoms with van der Waals surface area (Å²) in [6.45, 7) is 11.3. The minimum Gasteiger partial charge on any atom is -0.378 e. The quantitative estimate of drug-likeness (QED) is 0.705. The van der Waals surface area contributed by atoms with E-state index in [4.69, 9.17) is 9.47 Å². The van der Waals surface area contributed by atoms with E-state index in [1.54, 1.807) is 0 Å². The molecule has 2 fully saturated rings. The summed E-state index contributed by atoms with van der Waals surface area (Å²) in [5.41, 5.74) is 1.37. The third-order valence-electron chi connectivity index (χ3n) is 3.67. The van der Waals surface area contributed by atoms with Crippen LogP contribution in [0.15, 0.2) is 11.6 Å². The monoisotopic (exact) mass is 239 g/mol. The molecule has 0 aromatic rings. The fraction of sp³-hybridized carbons (Fsp3) is 0.857. The minimum atomic E-state index is -0.0194. The van der Waals surface area contributed by atoms with Gasteiger partial charge in [-0.25, -0.2) is 0 Å². The lowest BCUT2D eigenvalue weighted by Gasteiger charge is -2.43. The van der Waals surface area contributed by atoms with Crippen molar-refractivity contribution >= 4 is 0 Å². The van der Waals surface area contributed by atoms with Crippen LogP contribution in [0.5, 0.6) is 0 Å². The SMILES string of the molecule is CC[C@@H]1CN(CC=C(C)C)C[C@]2(CCOC2)O1. The minimum absolute atomic E-state index is 0.0194. The van der Waals surface area contributed by atoms with Crippen molar-refractivity contribution in [3.8, 4) is 0 Å². The second-order valence-corrected chi connectivity index (χ2v) is 5.61. The van der Waals surface area contributed by atoms with E-state index < -0.39 is 0 Å². The highest BCUT2D eigenvalue weighted by Crippen LogP contribution is 2.30. The lowest BCUT2D eigenvalue weighted by molar-refractivity contribution is -0.152. The van der Waals surface area contributed by atoms with E-state index in [2.05, 4.69) is 31.7 Å². The second kappa shape index (κ2) is 5.51. The Bertz CT molecular complexity index is 278. The van der Waals surface area contributed by atoms with Crippen molar-refractivity contribution in [3.63, 3.8) is 0 Å². The number of hydrogen-bond donors (Lipinski definition) is 0. The molecule has 0 aliphatic carbocycles. The molecule has 3 heteroatoms. The zero-order valence-corrected chi connectivity index (χ0v) is 11.4. The molecule has 3 nitrogen and oxygen atoms in total. The lowest BCUT2D eigenvalue weighted by atomic mass is 9.98. The van der Waals surface area contributed by atoms with E-state index in [-0.39, 0.29) is 5.60 Å². The van der Waals surface area contributed by atoms with Crippen LogP contribution in [0.3, 0.4) is 0 Å². The maximum absolute atomic E-state index is 6.23. The van der Waals surface area contributed by atoms with Crippen LogP contribution in [0.25, 0.3) is 0 Å². The largest absolute Gasteiger partial charge is 0.378 e. The second-order valence-electron chi connectivity index (χ2n) is 5.61. The molecule has 2 heterocycles. The van der Waals surface area contributed by atoms with E-state index in [0.717, 1.165) is 45.7 Å². The zero-order chi connectivity index (χ0) is 12.3. The van der Waals surface area contributed by atoms with Gasteiger partial charge in [0, 0.05) is 32.7 Å². The summed E-state index contributed by atoms with van der Waals surface area (Å²) in [6.07, 6.45) is 4.82. The van der Waals surface area contributed by atoms with Crippen LogP contribution in [-0.4, -0.2) is 49.5 Å². The van der Waals surface area contributed by atoms with Crippen molar-refractivity contribution in [2.75, 3.05) is 32.8 Å². The predicted molar refractivity (Wildman–Crippen MR) is 69.2 cm³/mol. The summed E-state index contributed by atoms with van der Waals surface area (Å²) in [6, 6.07) is 0. The van der Waals surface area contributed by atoms with Crippen LogP contribution < -0.4 is 0 Å². The van der Waals surface area contributed by atoms with Gasteiger partial charge >= 0.3 is 0 Å². The third-order valence-corrected chi connectivity index (χ3v) is 3.67. The molecule has 0 bridgehead atoms. The summed E-state index contributed by atoms with van der Waals surface area (Å²) in [5.74, 6) is 0. The molecule has 2 aliphatic rings. The van der Waals surface area contributed by atoms with Crippen molar-refractivity contribution < 1.29 is 9.47 Å². The highest BCUT2D eigenvalue weighted by molar-refractivity contribution is 4.99. The molecule has 2 atom stereocenters. The van der Waals surface area contributed by atoms with Gasteiger partial charge in [-0.2, -0.15) is 0 Å². The van der Waals surface area contributed by atoms with E-state index in [1.807, 2.05) is 0 Å². The summed E-state index contributed by atoms with van der Waals surface area (Å²) < 4.78 is 11.8. The summed E-state index contributed by atoms with van der Waals surface area (Å²) in [4.78, 5) is 2.51. The summed E-state index contributed by atoms with van der Waals surface area (Å²) in [5, 5.41) is 0. The van der Waals surface area contributed by atoms with Gasteiger partial charge in [0.15, 0.2) is 0 Å². The van der Waals surface area contributed by atoms with Gasteiger partial charge < -0.3 is 9.47 Å². The fourth-order valence-corrected chi connectivity index (χ4v) is 2.66. The van der Waals surface area contributed by atoms with Crippen LogP contribution in [0.2, 0.25) is 0 Å². The Morgan fingerprint density at radius 2 is 2.29 bits per heavy atom. The van der Waals surface area contributed by atoms with Crippen molar-refractivity contribution in [1.82, 2.24) is 4.90 Å². The normalized spacial score (nSPS) is 34.2. The fourth-order valence-electron chi connectivity index (χ4n) is 2.66. The van der Waals surface area contributed by atoms with Gasteiger partial charge in [0.2, 0.25) is 0 Å². The Balaban J connectivity index is 1.99. The standard InChI is InChI=1S/C14H25NO2/c1-4-13-9-15(7-5-12(2)3)10-14(17-13)6-8-16-11-14/h5,13H,4,6-11H2,1-3H3/t13-,14+/m1/s1. The van der Waals surface area contributed by atoms with Gasteiger partial charge in [-0.05, 0) is 20.3 Å². The highest BCUT2D eigenvalue weighted by Gasteiger charge is 2.42. The molecule has 0 saturated carbocycles. The predicted octanol–water partition coefficient (Wildman–Crippen LogP) is 2.22. The van der Waals surface area contributed by atoms with E-state index in [9.17, 15) is 0 Å². The van der Waals surface area contributed by atoms with Crippen LogP contribution in [0.1, 0.15) is 33.6 Å². The molecule has 17 heavy (non-hydrogen) atoms. The molecule has 98 valence electrons. The van der Waals surface area contributed by atoms with Crippen molar-refractivity contribution in [3.05, 3.63) is 11.6 Å². The average molecular weight is 239 g/mol. The van der Waals surface area contributed by atoms with Gasteiger partial charge in [0.1, 0.15) is 5.60 Å². The van der Waals surface area contributed by atoms with Gasteiger partial charge in [0.05, 0.1) is 12.7 Å². The van der Waals surface area contributed by atoms with E-state index in [1.165, 1.54) is 5.57 Å². The first-order valence-corrected chi connectivity index (χ1v) is 6.75. The first-order valence-electron chi connectivity index (χ1n) is 6.75. The summed E-state index contributed by atoms with van der Waals surface area (Å²) in [7, 11) is 0. The highest BCUT2D eigenvalue weighted by atomic mass is 16.6. The zero-order valence-electron chi connectivity index (χ0n) is 11.4. The Morgan fingerprint density at radius 1 is 1.47 bits per heavy atom. The molecule has 0 aromatic carbocycles. The number of allylic oxidation sites excluding steroid dienone is 1. The molecule has 0 aromatic heterocycles. The maximum Gasteiger partial charge on any atom is 0.107 e. The number of morpholine rings is 1. The molecule has 0 radical (unpaired) electrons.